The lowest BCUT2D eigenvalue weighted by molar-refractivity contribution is -0.274. The summed E-state index contributed by atoms with van der Waals surface area (Å²) in [6.07, 6.45) is -4.76. The maximum absolute atomic E-state index is 12.4. The number of alkyl halides is 3. The number of ether oxygens (including phenoxy) is 1. The van der Waals surface area contributed by atoms with Crippen LogP contribution in [0.5, 0.6) is 5.75 Å². The van der Waals surface area contributed by atoms with Gasteiger partial charge in [0, 0.05) is 15.9 Å². The summed E-state index contributed by atoms with van der Waals surface area (Å²) >= 11 is 3.38. The van der Waals surface area contributed by atoms with Crippen molar-refractivity contribution in [1.29, 1.82) is 0 Å². The smallest absolute Gasteiger partial charge is 0.406 e. The van der Waals surface area contributed by atoms with Crippen LogP contribution in [0.3, 0.4) is 0 Å². The van der Waals surface area contributed by atoms with Gasteiger partial charge in [0.15, 0.2) is 5.69 Å². The molecule has 1 N–H and O–H groups in total. The van der Waals surface area contributed by atoms with Gasteiger partial charge in [-0.15, -0.1) is 13.2 Å². The summed E-state index contributed by atoms with van der Waals surface area (Å²) in [7, 11) is 0. The van der Waals surface area contributed by atoms with Gasteiger partial charge in [-0.2, -0.15) is 5.10 Å². The monoisotopic (exact) mass is 453 g/mol. The van der Waals surface area contributed by atoms with E-state index in [1.807, 2.05) is 31.2 Å². The minimum absolute atomic E-state index is 0.213. The topological polar surface area (TPSA) is 56.1 Å². The van der Waals surface area contributed by atoms with Gasteiger partial charge in [0.1, 0.15) is 5.75 Å². The lowest BCUT2D eigenvalue weighted by Crippen LogP contribution is -2.17. The van der Waals surface area contributed by atoms with Crippen LogP contribution >= 0.6 is 15.9 Å². The fraction of sp³-hybridized carbons (Fsp3) is 0.158. The minimum Gasteiger partial charge on any atom is -0.406 e. The Bertz CT molecular complexity index is 968. The van der Waals surface area contributed by atoms with Gasteiger partial charge in [-0.05, 0) is 55.0 Å². The second-order valence-corrected chi connectivity index (χ2v) is 6.90. The number of carbonyl (C=O) groups excluding carboxylic acids is 1. The standard InChI is InChI=1S/C19H15BrF3N3O2/c1-12-10-17(25-26(12)11-13-2-4-14(20)5-3-13)18(27)24-15-6-8-16(9-7-15)28-19(21,22)23/h2-10H,11H2,1H3,(H,24,27). The van der Waals surface area contributed by atoms with Crippen molar-refractivity contribution in [3.8, 4) is 5.75 Å². The summed E-state index contributed by atoms with van der Waals surface area (Å²) in [5.41, 5.74) is 2.38. The van der Waals surface area contributed by atoms with E-state index in [1.54, 1.807) is 10.7 Å². The molecule has 3 rings (SSSR count). The maximum atomic E-state index is 12.4. The first-order chi connectivity index (χ1) is 13.2. The zero-order chi connectivity index (χ0) is 20.3. The van der Waals surface area contributed by atoms with Crippen molar-refractivity contribution >= 4 is 27.5 Å². The van der Waals surface area contributed by atoms with Crippen molar-refractivity contribution in [2.45, 2.75) is 19.8 Å². The van der Waals surface area contributed by atoms with Gasteiger partial charge >= 0.3 is 6.36 Å². The van der Waals surface area contributed by atoms with Gasteiger partial charge < -0.3 is 10.1 Å². The number of rotatable bonds is 5. The molecule has 0 aliphatic rings. The fourth-order valence-electron chi connectivity index (χ4n) is 2.48. The molecule has 0 spiro atoms. The van der Waals surface area contributed by atoms with Crippen LogP contribution in [-0.2, 0) is 6.54 Å². The van der Waals surface area contributed by atoms with E-state index >= 15 is 0 Å². The molecule has 0 bridgehead atoms. The Kier molecular flexibility index (Phi) is 5.73. The third kappa shape index (κ3) is 5.35. The van der Waals surface area contributed by atoms with Gasteiger partial charge in [0.05, 0.1) is 6.54 Å². The summed E-state index contributed by atoms with van der Waals surface area (Å²) in [6, 6.07) is 14.3. The van der Waals surface area contributed by atoms with Crippen LogP contribution in [0, 0.1) is 6.92 Å². The van der Waals surface area contributed by atoms with Crippen molar-refractivity contribution in [3.05, 3.63) is 76.0 Å². The predicted molar refractivity (Wildman–Crippen MR) is 101 cm³/mol. The molecule has 1 aromatic heterocycles. The molecule has 5 nitrogen and oxygen atoms in total. The van der Waals surface area contributed by atoms with Gasteiger partial charge in [-0.25, -0.2) is 0 Å². The minimum atomic E-state index is -4.76. The molecular formula is C19H15BrF3N3O2. The summed E-state index contributed by atoms with van der Waals surface area (Å²) < 4.78 is 43.0. The first-order valence-corrected chi connectivity index (χ1v) is 8.95. The van der Waals surface area contributed by atoms with Crippen molar-refractivity contribution in [2.24, 2.45) is 0 Å². The number of hydrogen-bond donors (Lipinski definition) is 1. The summed E-state index contributed by atoms with van der Waals surface area (Å²) in [4.78, 5) is 12.4. The molecule has 0 saturated heterocycles. The number of hydrogen-bond acceptors (Lipinski definition) is 3. The largest absolute Gasteiger partial charge is 0.573 e. The number of aromatic nitrogens is 2. The van der Waals surface area contributed by atoms with E-state index in [4.69, 9.17) is 0 Å². The van der Waals surface area contributed by atoms with Gasteiger partial charge in [0.2, 0.25) is 0 Å². The molecular weight excluding hydrogens is 439 g/mol. The van der Waals surface area contributed by atoms with Crippen LogP contribution in [0.15, 0.2) is 59.1 Å². The molecule has 0 radical (unpaired) electrons. The molecule has 1 heterocycles. The van der Waals surface area contributed by atoms with Gasteiger partial charge in [-0.1, -0.05) is 28.1 Å². The van der Waals surface area contributed by atoms with Crippen LogP contribution < -0.4 is 10.1 Å². The van der Waals surface area contributed by atoms with Crippen molar-refractivity contribution < 1.29 is 22.7 Å². The van der Waals surface area contributed by atoms with Gasteiger partial charge in [0.25, 0.3) is 5.91 Å². The average molecular weight is 454 g/mol. The second kappa shape index (κ2) is 8.05. The Labute approximate surface area is 167 Å². The quantitative estimate of drug-likeness (QED) is 0.580. The highest BCUT2D eigenvalue weighted by molar-refractivity contribution is 9.10. The van der Waals surface area contributed by atoms with E-state index in [0.717, 1.165) is 27.9 Å². The van der Waals surface area contributed by atoms with E-state index in [0.29, 0.717) is 12.2 Å². The number of nitrogens with zero attached hydrogens (tertiary/aromatic N) is 2. The number of halogens is 4. The predicted octanol–water partition coefficient (Wildman–Crippen LogP) is 5.15. The lowest BCUT2D eigenvalue weighted by atomic mass is 10.2. The Balaban J connectivity index is 1.67. The number of amides is 1. The maximum Gasteiger partial charge on any atom is 0.573 e. The lowest BCUT2D eigenvalue weighted by Gasteiger charge is -2.09. The highest BCUT2D eigenvalue weighted by Crippen LogP contribution is 2.24. The number of anilines is 1. The van der Waals surface area contributed by atoms with Crippen LogP contribution in [0.1, 0.15) is 21.7 Å². The highest BCUT2D eigenvalue weighted by atomic mass is 79.9. The molecule has 0 aliphatic carbocycles. The van der Waals surface area contributed by atoms with E-state index in [-0.39, 0.29) is 11.4 Å². The number of carbonyl (C=O) groups is 1. The molecule has 0 aliphatic heterocycles. The number of aryl methyl sites for hydroxylation is 1. The first-order valence-electron chi connectivity index (χ1n) is 8.16. The van der Waals surface area contributed by atoms with E-state index in [1.165, 1.54) is 12.1 Å². The zero-order valence-corrected chi connectivity index (χ0v) is 16.2. The second-order valence-electron chi connectivity index (χ2n) is 5.98. The fourth-order valence-corrected chi connectivity index (χ4v) is 2.74. The normalized spacial score (nSPS) is 11.3. The Morgan fingerprint density at radius 2 is 1.79 bits per heavy atom. The third-order valence-electron chi connectivity index (χ3n) is 3.81. The molecule has 9 heteroatoms. The SMILES string of the molecule is Cc1cc(C(=O)Nc2ccc(OC(F)(F)F)cc2)nn1Cc1ccc(Br)cc1. The van der Waals surface area contributed by atoms with E-state index < -0.39 is 12.3 Å². The molecule has 3 aromatic rings. The zero-order valence-electron chi connectivity index (χ0n) is 14.6. The number of benzene rings is 2. The molecule has 28 heavy (non-hydrogen) atoms. The van der Waals surface area contributed by atoms with E-state index in [2.05, 4.69) is 31.1 Å². The molecule has 0 fully saturated rings. The summed E-state index contributed by atoms with van der Waals surface area (Å²) in [5, 5.41) is 6.91. The molecule has 146 valence electrons. The molecule has 1 amide bonds. The first kappa shape index (κ1) is 19.9. The molecule has 0 saturated carbocycles. The molecule has 0 atom stereocenters. The summed E-state index contributed by atoms with van der Waals surface area (Å²) in [5.74, 6) is -0.817. The Morgan fingerprint density at radius 3 is 2.39 bits per heavy atom. The van der Waals surface area contributed by atoms with Crippen molar-refractivity contribution in [2.75, 3.05) is 5.32 Å². The highest BCUT2D eigenvalue weighted by Gasteiger charge is 2.31. The van der Waals surface area contributed by atoms with Crippen LogP contribution in [0.4, 0.5) is 18.9 Å². The van der Waals surface area contributed by atoms with Crippen molar-refractivity contribution in [3.63, 3.8) is 0 Å². The van der Waals surface area contributed by atoms with E-state index in [9.17, 15) is 18.0 Å². The Hall–Kier alpha value is -2.81. The van der Waals surface area contributed by atoms with Crippen molar-refractivity contribution in [1.82, 2.24) is 9.78 Å². The Morgan fingerprint density at radius 1 is 1.14 bits per heavy atom. The molecule has 0 unspecified atom stereocenters. The van der Waals surface area contributed by atoms with Crippen LogP contribution in [-0.4, -0.2) is 22.1 Å². The summed E-state index contributed by atoms with van der Waals surface area (Å²) in [6.45, 7) is 2.35. The van der Waals surface area contributed by atoms with Gasteiger partial charge in [-0.3, -0.25) is 9.48 Å². The van der Waals surface area contributed by atoms with Crippen LogP contribution in [0.25, 0.3) is 0 Å². The third-order valence-corrected chi connectivity index (χ3v) is 4.33. The van der Waals surface area contributed by atoms with Crippen LogP contribution in [0.2, 0.25) is 0 Å². The average Bonchev–Trinajstić information content (AvgIpc) is 2.98. The molecule has 2 aromatic carbocycles. The number of nitrogens with one attached hydrogen (secondary N) is 1.